The van der Waals surface area contributed by atoms with Crippen LogP contribution in [0.4, 0.5) is 5.69 Å². The van der Waals surface area contributed by atoms with Gasteiger partial charge in [-0.2, -0.15) is 8.42 Å². The topological polar surface area (TPSA) is 71.3 Å². The standard InChI is InChI=1S/C13H15ClN2O3S/c1-9-3-4-10(14)7-12(9)16-20(17,18)13-6-5-11(19-13)8-15-2/h3-7,15-16H,8H2,1-2H3. The van der Waals surface area contributed by atoms with Crippen LogP contribution in [0.1, 0.15) is 11.3 Å². The summed E-state index contributed by atoms with van der Waals surface area (Å²) >= 11 is 5.87. The summed E-state index contributed by atoms with van der Waals surface area (Å²) in [5, 5.41) is 3.23. The summed E-state index contributed by atoms with van der Waals surface area (Å²) < 4.78 is 32.2. The molecular formula is C13H15ClN2O3S. The molecule has 7 heteroatoms. The van der Waals surface area contributed by atoms with E-state index in [1.807, 2.05) is 0 Å². The normalized spacial score (nSPS) is 11.6. The Morgan fingerprint density at radius 2 is 2.00 bits per heavy atom. The first-order valence-corrected chi connectivity index (χ1v) is 7.81. The largest absolute Gasteiger partial charge is 0.446 e. The summed E-state index contributed by atoms with van der Waals surface area (Å²) in [5.74, 6) is 0.552. The quantitative estimate of drug-likeness (QED) is 0.890. The smallest absolute Gasteiger partial charge is 0.295 e. The van der Waals surface area contributed by atoms with Gasteiger partial charge in [-0.3, -0.25) is 4.72 Å². The van der Waals surface area contributed by atoms with Crippen molar-refractivity contribution in [1.29, 1.82) is 0 Å². The summed E-state index contributed by atoms with van der Waals surface area (Å²) in [6.07, 6.45) is 0. The van der Waals surface area contributed by atoms with Crippen LogP contribution in [-0.2, 0) is 16.6 Å². The Bertz CT molecular complexity index is 710. The van der Waals surface area contributed by atoms with Crippen molar-refractivity contribution in [2.24, 2.45) is 0 Å². The molecule has 0 spiro atoms. The molecule has 0 amide bonds. The predicted octanol–water partition coefficient (Wildman–Crippen LogP) is 2.76. The van der Waals surface area contributed by atoms with Gasteiger partial charge in [-0.25, -0.2) is 0 Å². The third-order valence-corrected chi connectivity index (χ3v) is 4.17. The Morgan fingerprint density at radius 1 is 1.25 bits per heavy atom. The minimum absolute atomic E-state index is 0.123. The van der Waals surface area contributed by atoms with Crippen LogP contribution in [0.3, 0.4) is 0 Å². The van der Waals surface area contributed by atoms with E-state index in [1.165, 1.54) is 6.07 Å². The van der Waals surface area contributed by atoms with Crippen molar-refractivity contribution < 1.29 is 12.8 Å². The Morgan fingerprint density at radius 3 is 2.70 bits per heavy atom. The van der Waals surface area contributed by atoms with Crippen LogP contribution >= 0.6 is 11.6 Å². The van der Waals surface area contributed by atoms with E-state index in [0.717, 1.165) is 5.56 Å². The number of sulfonamides is 1. The monoisotopic (exact) mass is 314 g/mol. The van der Waals surface area contributed by atoms with E-state index in [0.29, 0.717) is 23.0 Å². The highest BCUT2D eigenvalue weighted by Crippen LogP contribution is 2.24. The molecule has 2 rings (SSSR count). The lowest BCUT2D eigenvalue weighted by Gasteiger charge is -2.09. The van der Waals surface area contributed by atoms with Crippen LogP contribution in [-0.4, -0.2) is 15.5 Å². The van der Waals surface area contributed by atoms with Crippen molar-refractivity contribution in [2.75, 3.05) is 11.8 Å². The second kappa shape index (κ2) is 5.87. The minimum atomic E-state index is -3.75. The maximum Gasteiger partial charge on any atom is 0.295 e. The van der Waals surface area contributed by atoms with Crippen molar-refractivity contribution in [3.63, 3.8) is 0 Å². The van der Waals surface area contributed by atoms with Gasteiger partial charge < -0.3 is 9.73 Å². The van der Waals surface area contributed by atoms with Gasteiger partial charge in [0.05, 0.1) is 12.2 Å². The van der Waals surface area contributed by atoms with Crippen molar-refractivity contribution in [1.82, 2.24) is 5.32 Å². The predicted molar refractivity (Wildman–Crippen MR) is 78.5 cm³/mol. The van der Waals surface area contributed by atoms with Gasteiger partial charge in [0.2, 0.25) is 5.09 Å². The zero-order valence-corrected chi connectivity index (χ0v) is 12.7. The molecule has 2 aromatic rings. The summed E-state index contributed by atoms with van der Waals surface area (Å²) in [6.45, 7) is 2.26. The van der Waals surface area contributed by atoms with Gasteiger partial charge in [-0.1, -0.05) is 17.7 Å². The molecule has 1 aromatic heterocycles. The molecule has 5 nitrogen and oxygen atoms in total. The third-order valence-electron chi connectivity index (χ3n) is 2.70. The minimum Gasteiger partial charge on any atom is -0.446 e. The molecule has 20 heavy (non-hydrogen) atoms. The first-order chi connectivity index (χ1) is 9.42. The highest BCUT2D eigenvalue weighted by molar-refractivity contribution is 7.92. The van der Waals surface area contributed by atoms with E-state index in [-0.39, 0.29) is 5.09 Å². The molecule has 0 unspecified atom stereocenters. The van der Waals surface area contributed by atoms with Crippen LogP contribution in [0.15, 0.2) is 39.8 Å². The summed E-state index contributed by atoms with van der Waals surface area (Å²) in [4.78, 5) is 0. The lowest BCUT2D eigenvalue weighted by molar-refractivity contribution is 0.408. The van der Waals surface area contributed by atoms with E-state index in [2.05, 4.69) is 10.0 Å². The van der Waals surface area contributed by atoms with E-state index in [4.69, 9.17) is 16.0 Å². The highest BCUT2D eigenvalue weighted by Gasteiger charge is 2.19. The Balaban J connectivity index is 2.28. The van der Waals surface area contributed by atoms with Gasteiger partial charge in [-0.05, 0) is 43.8 Å². The van der Waals surface area contributed by atoms with E-state index in [1.54, 1.807) is 38.2 Å². The number of furan rings is 1. The molecule has 0 fully saturated rings. The molecule has 1 aromatic carbocycles. The first-order valence-electron chi connectivity index (χ1n) is 5.94. The molecule has 2 N–H and O–H groups in total. The molecule has 0 aliphatic heterocycles. The average molecular weight is 315 g/mol. The van der Waals surface area contributed by atoms with Crippen molar-refractivity contribution >= 4 is 27.3 Å². The Kier molecular flexibility index (Phi) is 4.37. The van der Waals surface area contributed by atoms with Gasteiger partial charge >= 0.3 is 0 Å². The fourth-order valence-corrected chi connectivity index (χ4v) is 2.92. The number of anilines is 1. The molecule has 0 atom stereocenters. The van der Waals surface area contributed by atoms with E-state index < -0.39 is 10.0 Å². The third kappa shape index (κ3) is 3.33. The first kappa shape index (κ1) is 14.9. The molecule has 0 bridgehead atoms. The van der Waals surface area contributed by atoms with Gasteiger partial charge in [0, 0.05) is 5.02 Å². The van der Waals surface area contributed by atoms with Gasteiger partial charge in [0.1, 0.15) is 5.76 Å². The number of benzene rings is 1. The molecule has 0 radical (unpaired) electrons. The van der Waals surface area contributed by atoms with Crippen LogP contribution in [0.5, 0.6) is 0 Å². The van der Waals surface area contributed by atoms with Crippen LogP contribution < -0.4 is 10.0 Å². The maximum absolute atomic E-state index is 12.2. The highest BCUT2D eigenvalue weighted by atomic mass is 35.5. The van der Waals surface area contributed by atoms with Crippen molar-refractivity contribution in [3.05, 3.63) is 46.7 Å². The van der Waals surface area contributed by atoms with E-state index >= 15 is 0 Å². The van der Waals surface area contributed by atoms with Gasteiger partial charge in [-0.15, -0.1) is 0 Å². The number of hydrogen-bond acceptors (Lipinski definition) is 4. The van der Waals surface area contributed by atoms with Crippen LogP contribution in [0.25, 0.3) is 0 Å². The maximum atomic E-state index is 12.2. The Labute approximate surface area is 123 Å². The number of hydrogen-bond donors (Lipinski definition) is 2. The number of nitrogens with one attached hydrogen (secondary N) is 2. The van der Waals surface area contributed by atoms with Crippen molar-refractivity contribution in [3.8, 4) is 0 Å². The van der Waals surface area contributed by atoms with Crippen molar-refractivity contribution in [2.45, 2.75) is 18.6 Å². The lowest BCUT2D eigenvalue weighted by atomic mass is 10.2. The molecule has 1 heterocycles. The summed E-state index contributed by atoms with van der Waals surface area (Å²) in [5.41, 5.74) is 1.21. The fourth-order valence-electron chi connectivity index (χ4n) is 1.67. The van der Waals surface area contributed by atoms with Gasteiger partial charge in [0.25, 0.3) is 10.0 Å². The molecule has 108 valence electrons. The van der Waals surface area contributed by atoms with Crippen LogP contribution in [0.2, 0.25) is 5.02 Å². The molecule has 0 aliphatic rings. The SMILES string of the molecule is CNCc1ccc(S(=O)(=O)Nc2cc(Cl)ccc2C)o1. The fraction of sp³-hybridized carbons (Fsp3) is 0.231. The number of halogens is 1. The average Bonchev–Trinajstić information content (AvgIpc) is 2.83. The summed E-state index contributed by atoms with van der Waals surface area (Å²) in [6, 6.07) is 8.05. The van der Waals surface area contributed by atoms with Gasteiger partial charge in [0.15, 0.2) is 0 Å². The lowest BCUT2D eigenvalue weighted by Crippen LogP contribution is -2.13. The molecule has 0 aliphatic carbocycles. The zero-order chi connectivity index (χ0) is 14.8. The van der Waals surface area contributed by atoms with E-state index in [9.17, 15) is 8.42 Å². The molecular weight excluding hydrogens is 300 g/mol. The summed E-state index contributed by atoms with van der Waals surface area (Å²) in [7, 11) is -2.00. The Hall–Kier alpha value is -1.50. The second-order valence-electron chi connectivity index (χ2n) is 4.32. The number of rotatable bonds is 5. The zero-order valence-electron chi connectivity index (χ0n) is 11.1. The number of aryl methyl sites for hydroxylation is 1. The molecule has 0 saturated heterocycles. The van der Waals surface area contributed by atoms with Crippen LogP contribution in [0, 0.1) is 6.92 Å². The second-order valence-corrected chi connectivity index (χ2v) is 6.37. The molecule has 0 saturated carbocycles.